The molecule has 0 saturated carbocycles. The third kappa shape index (κ3) is 3.60. The van der Waals surface area contributed by atoms with Gasteiger partial charge in [-0.2, -0.15) is 0 Å². The lowest BCUT2D eigenvalue weighted by molar-refractivity contribution is -0.121. The number of hydrogen-bond donors (Lipinski definition) is 2. The molecule has 0 aliphatic rings. The van der Waals surface area contributed by atoms with Crippen molar-refractivity contribution in [3.63, 3.8) is 0 Å². The normalized spacial score (nSPS) is 10.5. The largest absolute Gasteiger partial charge is 0.358 e. The van der Waals surface area contributed by atoms with Crippen LogP contribution in [0.3, 0.4) is 0 Å². The highest BCUT2D eigenvalue weighted by molar-refractivity contribution is 5.77. The van der Waals surface area contributed by atoms with Crippen LogP contribution in [0.5, 0.6) is 0 Å². The van der Waals surface area contributed by atoms with E-state index in [9.17, 15) is 4.79 Å². The maximum Gasteiger partial charge on any atom is 0.233 e. The van der Waals surface area contributed by atoms with Crippen molar-refractivity contribution in [2.45, 2.75) is 13.1 Å². The Labute approximate surface area is 95.7 Å². The molecule has 1 heterocycles. The molecule has 0 aliphatic heterocycles. The molecular formula is C11H18N4O. The van der Waals surface area contributed by atoms with Gasteiger partial charge < -0.3 is 11.1 Å². The summed E-state index contributed by atoms with van der Waals surface area (Å²) in [5.41, 5.74) is 7.54. The number of nitrogens with two attached hydrogens (primary N) is 1. The maximum absolute atomic E-state index is 11.2. The van der Waals surface area contributed by atoms with E-state index in [0.29, 0.717) is 19.6 Å². The Morgan fingerprint density at radius 2 is 2.38 bits per heavy atom. The molecule has 3 N–H and O–H groups in total. The molecule has 0 aromatic carbocycles. The van der Waals surface area contributed by atoms with Gasteiger partial charge >= 0.3 is 0 Å². The van der Waals surface area contributed by atoms with Crippen molar-refractivity contribution in [2.75, 3.05) is 20.6 Å². The minimum absolute atomic E-state index is 0.000638. The molecule has 1 amide bonds. The van der Waals surface area contributed by atoms with Crippen LogP contribution >= 0.6 is 0 Å². The predicted octanol–water partition coefficient (Wildman–Crippen LogP) is -0.282. The van der Waals surface area contributed by atoms with Crippen molar-refractivity contribution in [3.05, 3.63) is 29.6 Å². The highest BCUT2D eigenvalue weighted by Gasteiger charge is 2.08. The highest BCUT2D eigenvalue weighted by atomic mass is 16.1. The first-order chi connectivity index (χ1) is 7.67. The van der Waals surface area contributed by atoms with Crippen LogP contribution in [0.2, 0.25) is 0 Å². The molecule has 5 heteroatoms. The first-order valence-corrected chi connectivity index (χ1v) is 5.19. The van der Waals surface area contributed by atoms with Gasteiger partial charge in [0.05, 0.1) is 12.2 Å². The second kappa shape index (κ2) is 6.19. The van der Waals surface area contributed by atoms with Crippen LogP contribution in [0.15, 0.2) is 18.3 Å². The Kier molecular flexibility index (Phi) is 4.88. The lowest BCUT2D eigenvalue weighted by atomic mass is 10.2. The summed E-state index contributed by atoms with van der Waals surface area (Å²) in [6.07, 6.45) is 1.73. The van der Waals surface area contributed by atoms with Gasteiger partial charge in [0.15, 0.2) is 0 Å². The number of hydrogen-bond acceptors (Lipinski definition) is 4. The van der Waals surface area contributed by atoms with Crippen LogP contribution in [0, 0.1) is 0 Å². The van der Waals surface area contributed by atoms with Crippen molar-refractivity contribution >= 4 is 5.91 Å². The van der Waals surface area contributed by atoms with Gasteiger partial charge in [0.2, 0.25) is 5.91 Å². The monoisotopic (exact) mass is 222 g/mol. The minimum Gasteiger partial charge on any atom is -0.358 e. The number of aromatic nitrogens is 1. The van der Waals surface area contributed by atoms with Gasteiger partial charge in [-0.05, 0) is 18.7 Å². The van der Waals surface area contributed by atoms with Crippen LogP contribution in [0.4, 0.5) is 0 Å². The molecule has 0 saturated heterocycles. The van der Waals surface area contributed by atoms with Gasteiger partial charge in [-0.25, -0.2) is 0 Å². The van der Waals surface area contributed by atoms with Crippen molar-refractivity contribution in [1.29, 1.82) is 0 Å². The molecule has 0 spiro atoms. The molecule has 5 nitrogen and oxygen atoms in total. The third-order valence-corrected chi connectivity index (χ3v) is 2.31. The number of amides is 1. The van der Waals surface area contributed by atoms with Gasteiger partial charge in [0, 0.05) is 26.3 Å². The van der Waals surface area contributed by atoms with Crippen LogP contribution in [0.1, 0.15) is 11.3 Å². The molecule has 1 aromatic heterocycles. The van der Waals surface area contributed by atoms with Gasteiger partial charge in [-0.3, -0.25) is 14.7 Å². The number of carbonyl (C=O) groups excluding carboxylic acids is 1. The van der Waals surface area contributed by atoms with E-state index in [1.54, 1.807) is 13.2 Å². The van der Waals surface area contributed by atoms with E-state index in [0.717, 1.165) is 11.3 Å². The van der Waals surface area contributed by atoms with Crippen LogP contribution < -0.4 is 11.1 Å². The Morgan fingerprint density at radius 1 is 1.62 bits per heavy atom. The standard InChI is InChI=1S/C11H18N4O/c1-13-11(16)8-15(2)7-9-4-3-5-14-10(9)6-12/h3-5H,6-8,12H2,1-2H3,(H,13,16). The second-order valence-electron chi connectivity index (χ2n) is 3.66. The quantitative estimate of drug-likeness (QED) is 0.718. The first-order valence-electron chi connectivity index (χ1n) is 5.19. The molecule has 0 aliphatic carbocycles. The average molecular weight is 222 g/mol. The number of carbonyl (C=O) groups is 1. The molecule has 88 valence electrons. The molecule has 1 aromatic rings. The van der Waals surface area contributed by atoms with Crippen LogP contribution in [-0.2, 0) is 17.9 Å². The SMILES string of the molecule is CNC(=O)CN(C)Cc1cccnc1CN. The van der Waals surface area contributed by atoms with E-state index < -0.39 is 0 Å². The summed E-state index contributed by atoms with van der Waals surface area (Å²) >= 11 is 0. The highest BCUT2D eigenvalue weighted by Crippen LogP contribution is 2.07. The summed E-state index contributed by atoms with van der Waals surface area (Å²) in [6.45, 7) is 1.47. The predicted molar refractivity (Wildman–Crippen MR) is 62.5 cm³/mol. The van der Waals surface area contributed by atoms with E-state index >= 15 is 0 Å². The van der Waals surface area contributed by atoms with E-state index in [-0.39, 0.29) is 5.91 Å². The molecule has 16 heavy (non-hydrogen) atoms. The molecule has 0 unspecified atom stereocenters. The van der Waals surface area contributed by atoms with Crippen LogP contribution in [0.25, 0.3) is 0 Å². The lowest BCUT2D eigenvalue weighted by Crippen LogP contribution is -2.33. The number of pyridine rings is 1. The maximum atomic E-state index is 11.2. The van der Waals surface area contributed by atoms with E-state index in [1.165, 1.54) is 0 Å². The zero-order chi connectivity index (χ0) is 12.0. The van der Waals surface area contributed by atoms with Gasteiger partial charge in [-0.1, -0.05) is 6.07 Å². The summed E-state index contributed by atoms with van der Waals surface area (Å²) < 4.78 is 0. The molecule has 0 radical (unpaired) electrons. The lowest BCUT2D eigenvalue weighted by Gasteiger charge is -2.16. The summed E-state index contributed by atoms with van der Waals surface area (Å²) in [6, 6.07) is 3.86. The summed E-state index contributed by atoms with van der Waals surface area (Å²) in [5, 5.41) is 2.59. The molecule has 0 atom stereocenters. The molecular weight excluding hydrogens is 204 g/mol. The summed E-state index contributed by atoms with van der Waals surface area (Å²) in [7, 11) is 3.52. The van der Waals surface area contributed by atoms with Crippen molar-refractivity contribution < 1.29 is 4.79 Å². The van der Waals surface area contributed by atoms with Crippen LogP contribution in [-0.4, -0.2) is 36.4 Å². The molecule has 0 fully saturated rings. The fraction of sp³-hybridized carbons (Fsp3) is 0.455. The summed E-state index contributed by atoms with van der Waals surface area (Å²) in [4.78, 5) is 17.3. The Balaban J connectivity index is 2.61. The number of nitrogens with one attached hydrogen (secondary N) is 1. The third-order valence-electron chi connectivity index (χ3n) is 2.31. The van der Waals surface area contributed by atoms with Gasteiger partial charge in [0.1, 0.15) is 0 Å². The van der Waals surface area contributed by atoms with Crippen molar-refractivity contribution in [3.8, 4) is 0 Å². The Bertz CT molecular complexity index is 354. The van der Waals surface area contributed by atoms with E-state index in [1.807, 2.05) is 24.1 Å². The smallest absolute Gasteiger partial charge is 0.233 e. The van der Waals surface area contributed by atoms with E-state index in [4.69, 9.17) is 5.73 Å². The zero-order valence-electron chi connectivity index (χ0n) is 9.73. The molecule has 1 rings (SSSR count). The molecule has 0 bridgehead atoms. The number of rotatable bonds is 5. The summed E-state index contributed by atoms with van der Waals surface area (Å²) in [5.74, 6) is 0.000638. The zero-order valence-corrected chi connectivity index (χ0v) is 9.73. The van der Waals surface area contributed by atoms with Gasteiger partial charge in [0.25, 0.3) is 0 Å². The average Bonchev–Trinajstić information content (AvgIpc) is 2.29. The Morgan fingerprint density at radius 3 is 3.00 bits per heavy atom. The van der Waals surface area contributed by atoms with Crippen molar-refractivity contribution in [2.24, 2.45) is 5.73 Å². The van der Waals surface area contributed by atoms with Crippen molar-refractivity contribution in [1.82, 2.24) is 15.2 Å². The van der Waals surface area contributed by atoms with Gasteiger partial charge in [-0.15, -0.1) is 0 Å². The first kappa shape index (κ1) is 12.6. The minimum atomic E-state index is 0.000638. The topological polar surface area (TPSA) is 71.2 Å². The Hall–Kier alpha value is -1.46. The number of nitrogens with zero attached hydrogens (tertiary/aromatic N) is 2. The fourth-order valence-corrected chi connectivity index (χ4v) is 1.47. The second-order valence-corrected chi connectivity index (χ2v) is 3.66. The number of likely N-dealkylation sites (N-methyl/N-ethyl adjacent to an activating group) is 2. The van der Waals surface area contributed by atoms with E-state index in [2.05, 4.69) is 10.3 Å². The fourth-order valence-electron chi connectivity index (χ4n) is 1.47.